The predicted molar refractivity (Wildman–Crippen MR) is 188 cm³/mol. The Morgan fingerprint density at radius 1 is 1.00 bits per heavy atom. The Morgan fingerprint density at radius 3 is 2.38 bits per heavy atom. The molecule has 0 radical (unpaired) electrons. The van der Waals surface area contributed by atoms with Gasteiger partial charge in [-0.15, -0.1) is 0 Å². The van der Waals surface area contributed by atoms with E-state index < -0.39 is 17.4 Å². The number of rotatable bonds is 13. The largest absolute Gasteiger partial charge is 0.497 e. The number of ether oxygens (including phenoxy) is 1. The molecule has 0 aromatic heterocycles. The van der Waals surface area contributed by atoms with Gasteiger partial charge < -0.3 is 30.1 Å². The molecule has 0 fully saturated rings. The van der Waals surface area contributed by atoms with E-state index in [4.69, 9.17) is 4.74 Å². The molecule has 0 unspecified atom stereocenters. The molecule has 2 atom stereocenters. The Morgan fingerprint density at radius 2 is 1.71 bits per heavy atom. The first-order valence-electron chi connectivity index (χ1n) is 15.6. The molecule has 10 heteroatoms. The van der Waals surface area contributed by atoms with Crippen molar-refractivity contribution in [2.75, 3.05) is 30.5 Å². The lowest BCUT2D eigenvalue weighted by molar-refractivity contribution is -0.139. The van der Waals surface area contributed by atoms with Gasteiger partial charge in [-0.1, -0.05) is 77.5 Å². The van der Waals surface area contributed by atoms with Crippen LogP contribution in [0.25, 0.3) is 0 Å². The fraction of sp³-hybridized carbons (Fsp3) is 0.237. The van der Waals surface area contributed by atoms with Crippen molar-refractivity contribution in [2.24, 2.45) is 5.92 Å². The number of nitrogens with one attached hydrogen (secondary N) is 1. The molecule has 0 aliphatic carbocycles. The molecule has 1 heterocycles. The Bertz CT molecular complexity index is 1780. The average Bonchev–Trinajstić information content (AvgIpc) is 3.31. The zero-order valence-electron chi connectivity index (χ0n) is 26.8. The Kier molecular flexibility index (Phi) is 11.1. The minimum absolute atomic E-state index is 0.0534. The standard InChI is InChI=1S/C38H38BrN3O6/c1-26(7-6-10-35(44)41(21-22-43)24-27-8-4-3-5-9-27)38(47)33-23-30(39)15-20-34(33)42(37(38)46)25-28-11-16-31(17-12-28)40-36(45)29-13-18-32(48-2)19-14-29/h3-9,11-20,23,26,43,47H,10,21-22,24-25H2,1-2H3,(H,40,45)/b7-6+/t26-,38+/m1/s1. The summed E-state index contributed by atoms with van der Waals surface area (Å²) in [5, 5.41) is 24.4. The number of anilines is 2. The number of aliphatic hydroxyl groups is 2. The summed E-state index contributed by atoms with van der Waals surface area (Å²) in [5.41, 5.74) is 2.06. The molecule has 3 amide bonds. The molecule has 4 aromatic rings. The van der Waals surface area contributed by atoms with Crippen molar-refractivity contribution in [3.8, 4) is 5.75 Å². The minimum Gasteiger partial charge on any atom is -0.497 e. The average molecular weight is 713 g/mol. The van der Waals surface area contributed by atoms with Crippen molar-refractivity contribution in [2.45, 2.75) is 32.0 Å². The number of halogens is 1. The fourth-order valence-corrected chi connectivity index (χ4v) is 6.12. The predicted octanol–water partition coefficient (Wildman–Crippen LogP) is 6.05. The molecule has 5 rings (SSSR count). The molecule has 48 heavy (non-hydrogen) atoms. The molecular formula is C38H38BrN3O6. The maximum Gasteiger partial charge on any atom is 0.264 e. The first-order valence-corrected chi connectivity index (χ1v) is 16.4. The SMILES string of the molecule is COc1ccc(C(=O)Nc2ccc(CN3C(=O)[C@](O)([C@H](C)/C=C/CC(=O)N(CCO)Cc4ccccc4)c4cc(Br)ccc43)cc2)cc1. The van der Waals surface area contributed by atoms with Crippen molar-refractivity contribution < 1.29 is 29.3 Å². The van der Waals surface area contributed by atoms with Crippen molar-refractivity contribution in [1.29, 1.82) is 0 Å². The summed E-state index contributed by atoms with van der Waals surface area (Å²) in [7, 11) is 1.57. The van der Waals surface area contributed by atoms with E-state index in [0.717, 1.165) is 15.6 Å². The van der Waals surface area contributed by atoms with E-state index in [1.165, 1.54) is 0 Å². The highest BCUT2D eigenvalue weighted by molar-refractivity contribution is 9.10. The van der Waals surface area contributed by atoms with Crippen LogP contribution in [0.1, 0.15) is 40.4 Å². The van der Waals surface area contributed by atoms with Crippen molar-refractivity contribution in [3.05, 3.63) is 136 Å². The second-order valence-electron chi connectivity index (χ2n) is 11.6. The summed E-state index contributed by atoms with van der Waals surface area (Å²) >= 11 is 3.48. The second kappa shape index (κ2) is 15.4. The number of nitrogens with zero attached hydrogens (tertiary/aromatic N) is 2. The van der Waals surface area contributed by atoms with Gasteiger partial charge in [0.25, 0.3) is 11.8 Å². The molecule has 0 spiro atoms. The van der Waals surface area contributed by atoms with Crippen LogP contribution in [0.5, 0.6) is 5.75 Å². The van der Waals surface area contributed by atoms with E-state index in [-0.39, 0.29) is 37.9 Å². The van der Waals surface area contributed by atoms with E-state index in [2.05, 4.69) is 21.2 Å². The quantitative estimate of drug-likeness (QED) is 0.145. The van der Waals surface area contributed by atoms with Crippen molar-refractivity contribution in [1.82, 2.24) is 4.90 Å². The van der Waals surface area contributed by atoms with Gasteiger partial charge in [-0.05, 0) is 65.7 Å². The van der Waals surface area contributed by atoms with Gasteiger partial charge in [-0.3, -0.25) is 14.4 Å². The third-order valence-electron chi connectivity index (χ3n) is 8.45. The van der Waals surface area contributed by atoms with Gasteiger partial charge in [-0.25, -0.2) is 0 Å². The van der Waals surface area contributed by atoms with E-state index in [9.17, 15) is 24.6 Å². The number of carbonyl (C=O) groups excluding carboxylic acids is 3. The van der Waals surface area contributed by atoms with Crippen molar-refractivity contribution >= 4 is 45.0 Å². The molecule has 0 saturated carbocycles. The number of fused-ring (bicyclic) bond motifs is 1. The van der Waals surface area contributed by atoms with Gasteiger partial charge >= 0.3 is 0 Å². The van der Waals surface area contributed by atoms with Crippen LogP contribution in [0.15, 0.2) is 114 Å². The molecule has 4 aromatic carbocycles. The lowest BCUT2D eigenvalue weighted by Gasteiger charge is -2.28. The summed E-state index contributed by atoms with van der Waals surface area (Å²) in [6, 6.07) is 28.9. The Balaban J connectivity index is 1.28. The zero-order chi connectivity index (χ0) is 34.3. The van der Waals surface area contributed by atoms with E-state index in [1.807, 2.05) is 48.5 Å². The van der Waals surface area contributed by atoms with Crippen LogP contribution in [-0.4, -0.2) is 53.1 Å². The number of hydrogen-bond acceptors (Lipinski definition) is 6. The van der Waals surface area contributed by atoms with Crippen LogP contribution in [-0.2, 0) is 28.3 Å². The van der Waals surface area contributed by atoms with E-state index in [0.29, 0.717) is 34.8 Å². The van der Waals surface area contributed by atoms with Crippen LogP contribution in [0.3, 0.4) is 0 Å². The van der Waals surface area contributed by atoms with Crippen LogP contribution >= 0.6 is 15.9 Å². The minimum atomic E-state index is -1.86. The number of benzene rings is 4. The number of aliphatic hydroxyl groups excluding tert-OH is 1. The third kappa shape index (κ3) is 7.68. The molecule has 0 bridgehead atoms. The topological polar surface area (TPSA) is 119 Å². The first-order chi connectivity index (χ1) is 23.1. The van der Waals surface area contributed by atoms with Gasteiger partial charge in [0, 0.05) is 46.7 Å². The van der Waals surface area contributed by atoms with Gasteiger partial charge in [0.2, 0.25) is 5.91 Å². The summed E-state index contributed by atoms with van der Waals surface area (Å²) < 4.78 is 5.87. The van der Waals surface area contributed by atoms with Gasteiger partial charge in [0.05, 0.1) is 25.9 Å². The van der Waals surface area contributed by atoms with Crippen LogP contribution < -0.4 is 15.0 Å². The number of methoxy groups -OCH3 is 1. The van der Waals surface area contributed by atoms with E-state index in [1.54, 1.807) is 84.5 Å². The normalized spacial score (nSPS) is 16.1. The number of amides is 3. The summed E-state index contributed by atoms with van der Waals surface area (Å²) in [5.74, 6) is -0.900. The van der Waals surface area contributed by atoms with Crippen LogP contribution in [0.4, 0.5) is 11.4 Å². The molecular weight excluding hydrogens is 674 g/mol. The zero-order valence-corrected chi connectivity index (χ0v) is 28.4. The summed E-state index contributed by atoms with van der Waals surface area (Å²) in [6.45, 7) is 2.37. The molecule has 9 nitrogen and oxygen atoms in total. The number of hydrogen-bond donors (Lipinski definition) is 3. The van der Waals surface area contributed by atoms with Crippen molar-refractivity contribution in [3.63, 3.8) is 0 Å². The molecule has 248 valence electrons. The highest BCUT2D eigenvalue weighted by Crippen LogP contribution is 2.46. The third-order valence-corrected chi connectivity index (χ3v) is 8.94. The van der Waals surface area contributed by atoms with Gasteiger partial charge in [0.15, 0.2) is 5.60 Å². The second-order valence-corrected chi connectivity index (χ2v) is 12.6. The van der Waals surface area contributed by atoms with Crippen LogP contribution in [0.2, 0.25) is 0 Å². The molecule has 0 saturated heterocycles. The molecule has 1 aliphatic heterocycles. The monoisotopic (exact) mass is 711 g/mol. The van der Waals surface area contributed by atoms with Crippen LogP contribution in [0, 0.1) is 5.92 Å². The smallest absolute Gasteiger partial charge is 0.264 e. The molecule has 1 aliphatic rings. The first kappa shape index (κ1) is 34.6. The Labute approximate surface area is 288 Å². The maximum absolute atomic E-state index is 14.0. The lowest BCUT2D eigenvalue weighted by Crippen LogP contribution is -2.44. The van der Waals surface area contributed by atoms with Gasteiger partial charge in [0.1, 0.15) is 5.75 Å². The molecule has 3 N–H and O–H groups in total. The number of carbonyl (C=O) groups is 3. The summed E-state index contributed by atoms with van der Waals surface area (Å²) in [4.78, 5) is 42.9. The van der Waals surface area contributed by atoms with E-state index >= 15 is 0 Å². The highest BCUT2D eigenvalue weighted by atomic mass is 79.9. The maximum atomic E-state index is 14.0. The summed E-state index contributed by atoms with van der Waals surface area (Å²) in [6.07, 6.45) is 3.43. The Hall–Kier alpha value is -4.77. The fourth-order valence-electron chi connectivity index (χ4n) is 5.76. The highest BCUT2D eigenvalue weighted by Gasteiger charge is 2.52. The lowest BCUT2D eigenvalue weighted by atomic mass is 9.83. The van der Waals surface area contributed by atoms with Gasteiger partial charge in [-0.2, -0.15) is 0 Å².